The molecule has 0 aromatic heterocycles. The van der Waals surface area contributed by atoms with Crippen LogP contribution in [0.2, 0.25) is 0 Å². The Kier molecular flexibility index (Phi) is 2.42. The predicted molar refractivity (Wildman–Crippen MR) is 81.3 cm³/mol. The predicted octanol–water partition coefficient (Wildman–Crippen LogP) is 4.25. The highest BCUT2D eigenvalue weighted by Crippen LogP contribution is 2.72. The van der Waals surface area contributed by atoms with Crippen molar-refractivity contribution in [2.75, 3.05) is 0 Å². The molecule has 5 rings (SSSR count). The largest absolute Gasteiger partial charge is 0.324 e. The highest BCUT2D eigenvalue weighted by atomic mass is 14.8. The standard InChI is InChI=1S/C19H25N/c20-19(18-16-12-8-9-13(10-12)17(16)18)15-7-2-1-6-14(15)11-4-3-5-11/h1-2,6-7,11-13,16-19H,3-5,8-10,20H2. The summed E-state index contributed by atoms with van der Waals surface area (Å²) in [7, 11) is 0. The lowest BCUT2D eigenvalue weighted by atomic mass is 9.76. The first-order chi connectivity index (χ1) is 9.84. The summed E-state index contributed by atoms with van der Waals surface area (Å²) in [5.41, 5.74) is 9.84. The zero-order valence-corrected chi connectivity index (χ0v) is 12.2. The van der Waals surface area contributed by atoms with Crippen LogP contribution in [0.1, 0.15) is 61.6 Å². The molecule has 20 heavy (non-hydrogen) atoms. The van der Waals surface area contributed by atoms with E-state index in [1.165, 1.54) is 44.1 Å². The molecule has 106 valence electrons. The molecule has 2 N–H and O–H groups in total. The van der Waals surface area contributed by atoms with Gasteiger partial charge in [-0.25, -0.2) is 0 Å². The molecule has 0 saturated heterocycles. The topological polar surface area (TPSA) is 26.0 Å². The third kappa shape index (κ3) is 1.48. The SMILES string of the molecule is NC(c1ccccc1C1CCC1)C1C2C3CCC(C3)C21. The Morgan fingerprint density at radius 3 is 2.30 bits per heavy atom. The van der Waals surface area contributed by atoms with Gasteiger partial charge in [0.2, 0.25) is 0 Å². The van der Waals surface area contributed by atoms with E-state index >= 15 is 0 Å². The zero-order chi connectivity index (χ0) is 13.3. The van der Waals surface area contributed by atoms with Crippen molar-refractivity contribution in [2.24, 2.45) is 35.3 Å². The molecule has 4 aliphatic carbocycles. The second-order valence-corrected chi connectivity index (χ2v) is 7.85. The average molecular weight is 267 g/mol. The summed E-state index contributed by atoms with van der Waals surface area (Å²) in [6, 6.07) is 9.41. The van der Waals surface area contributed by atoms with Crippen molar-refractivity contribution in [3.05, 3.63) is 35.4 Å². The Morgan fingerprint density at radius 1 is 0.950 bits per heavy atom. The number of hydrogen-bond acceptors (Lipinski definition) is 1. The number of rotatable bonds is 3. The van der Waals surface area contributed by atoms with Crippen LogP contribution in [-0.4, -0.2) is 0 Å². The van der Waals surface area contributed by atoms with Gasteiger partial charge in [0.05, 0.1) is 0 Å². The summed E-state index contributed by atoms with van der Waals surface area (Å²) in [6.45, 7) is 0. The number of hydrogen-bond donors (Lipinski definition) is 1. The maximum Gasteiger partial charge on any atom is 0.0332 e. The van der Waals surface area contributed by atoms with Gasteiger partial charge < -0.3 is 5.73 Å². The van der Waals surface area contributed by atoms with E-state index in [0.29, 0.717) is 6.04 Å². The molecule has 2 bridgehead atoms. The van der Waals surface area contributed by atoms with Gasteiger partial charge in [-0.05, 0) is 78.7 Å². The van der Waals surface area contributed by atoms with Crippen molar-refractivity contribution in [3.63, 3.8) is 0 Å². The fourth-order valence-electron chi connectivity index (χ4n) is 5.99. The number of nitrogens with two attached hydrogens (primary N) is 1. The van der Waals surface area contributed by atoms with Crippen LogP contribution in [0.3, 0.4) is 0 Å². The molecular formula is C19H25N. The molecular weight excluding hydrogens is 242 g/mol. The summed E-state index contributed by atoms with van der Waals surface area (Å²) < 4.78 is 0. The summed E-state index contributed by atoms with van der Waals surface area (Å²) in [5, 5.41) is 0. The maximum atomic E-state index is 6.76. The van der Waals surface area contributed by atoms with Crippen LogP contribution in [0.25, 0.3) is 0 Å². The number of fused-ring (bicyclic) bond motifs is 5. The third-order valence-electron chi connectivity index (χ3n) is 7.11. The third-order valence-corrected chi connectivity index (χ3v) is 7.11. The van der Waals surface area contributed by atoms with Crippen molar-refractivity contribution in [3.8, 4) is 0 Å². The lowest BCUT2D eigenvalue weighted by Crippen LogP contribution is -2.21. The molecule has 4 saturated carbocycles. The average Bonchev–Trinajstić information content (AvgIpc) is 2.84. The fourth-order valence-corrected chi connectivity index (χ4v) is 5.99. The molecule has 1 aromatic rings. The molecule has 4 fully saturated rings. The lowest BCUT2D eigenvalue weighted by Gasteiger charge is -2.30. The van der Waals surface area contributed by atoms with Crippen molar-refractivity contribution in [1.29, 1.82) is 0 Å². The Balaban J connectivity index is 1.43. The number of benzene rings is 1. The van der Waals surface area contributed by atoms with Crippen molar-refractivity contribution < 1.29 is 0 Å². The summed E-state index contributed by atoms with van der Waals surface area (Å²) in [4.78, 5) is 0. The van der Waals surface area contributed by atoms with Crippen molar-refractivity contribution in [1.82, 2.24) is 0 Å². The van der Waals surface area contributed by atoms with Gasteiger partial charge in [-0.3, -0.25) is 0 Å². The van der Waals surface area contributed by atoms with Gasteiger partial charge in [-0.2, -0.15) is 0 Å². The van der Waals surface area contributed by atoms with Gasteiger partial charge in [0.1, 0.15) is 0 Å². The summed E-state index contributed by atoms with van der Waals surface area (Å²) in [5.74, 6) is 5.71. The highest BCUT2D eigenvalue weighted by Gasteiger charge is 2.66. The van der Waals surface area contributed by atoms with Gasteiger partial charge >= 0.3 is 0 Å². The lowest BCUT2D eigenvalue weighted by molar-refractivity contribution is 0.396. The van der Waals surface area contributed by atoms with Crippen LogP contribution in [0, 0.1) is 29.6 Å². The van der Waals surface area contributed by atoms with Crippen LogP contribution in [-0.2, 0) is 0 Å². The normalized spacial score (nSPS) is 43.1. The van der Waals surface area contributed by atoms with Gasteiger partial charge in [-0.1, -0.05) is 30.7 Å². The first-order valence-electron chi connectivity index (χ1n) is 8.69. The second kappa shape index (κ2) is 4.10. The van der Waals surface area contributed by atoms with E-state index in [2.05, 4.69) is 24.3 Å². The van der Waals surface area contributed by atoms with E-state index in [0.717, 1.165) is 35.5 Å². The highest BCUT2D eigenvalue weighted by molar-refractivity contribution is 5.36. The Bertz CT molecular complexity index is 516. The van der Waals surface area contributed by atoms with Gasteiger partial charge in [0.15, 0.2) is 0 Å². The Hall–Kier alpha value is -0.820. The molecule has 5 unspecified atom stereocenters. The van der Waals surface area contributed by atoms with Crippen molar-refractivity contribution in [2.45, 2.75) is 50.5 Å². The van der Waals surface area contributed by atoms with E-state index in [-0.39, 0.29) is 0 Å². The zero-order valence-electron chi connectivity index (χ0n) is 12.2. The van der Waals surface area contributed by atoms with Crippen molar-refractivity contribution >= 4 is 0 Å². The second-order valence-electron chi connectivity index (χ2n) is 7.85. The Labute approximate surface area is 121 Å². The van der Waals surface area contributed by atoms with Crippen LogP contribution in [0.15, 0.2) is 24.3 Å². The van der Waals surface area contributed by atoms with Gasteiger partial charge in [0.25, 0.3) is 0 Å². The van der Waals surface area contributed by atoms with E-state index in [9.17, 15) is 0 Å². The van der Waals surface area contributed by atoms with Crippen LogP contribution < -0.4 is 5.73 Å². The molecule has 1 nitrogen and oxygen atoms in total. The quantitative estimate of drug-likeness (QED) is 0.870. The molecule has 0 amide bonds. The minimum Gasteiger partial charge on any atom is -0.324 e. The molecule has 5 atom stereocenters. The van der Waals surface area contributed by atoms with E-state index in [4.69, 9.17) is 5.73 Å². The first kappa shape index (κ1) is 11.8. The summed E-state index contributed by atoms with van der Waals surface area (Å²) >= 11 is 0. The van der Waals surface area contributed by atoms with Crippen LogP contribution in [0.4, 0.5) is 0 Å². The van der Waals surface area contributed by atoms with E-state index in [1.54, 1.807) is 5.56 Å². The maximum absolute atomic E-state index is 6.76. The van der Waals surface area contributed by atoms with Gasteiger partial charge in [0, 0.05) is 6.04 Å². The fraction of sp³-hybridized carbons (Fsp3) is 0.684. The van der Waals surface area contributed by atoms with Crippen LogP contribution >= 0.6 is 0 Å². The molecule has 4 aliphatic rings. The monoisotopic (exact) mass is 267 g/mol. The van der Waals surface area contributed by atoms with E-state index < -0.39 is 0 Å². The molecule has 0 heterocycles. The Morgan fingerprint density at radius 2 is 1.65 bits per heavy atom. The molecule has 0 spiro atoms. The van der Waals surface area contributed by atoms with Crippen LogP contribution in [0.5, 0.6) is 0 Å². The minimum atomic E-state index is 0.324. The molecule has 1 heteroatoms. The molecule has 0 aliphatic heterocycles. The summed E-state index contributed by atoms with van der Waals surface area (Å²) in [6.07, 6.45) is 8.70. The van der Waals surface area contributed by atoms with Gasteiger partial charge in [-0.15, -0.1) is 0 Å². The molecule has 1 aromatic carbocycles. The first-order valence-corrected chi connectivity index (χ1v) is 8.69. The molecule has 0 radical (unpaired) electrons. The minimum absolute atomic E-state index is 0.324. The smallest absolute Gasteiger partial charge is 0.0332 e. The van der Waals surface area contributed by atoms with E-state index in [1.807, 2.05) is 0 Å².